The number of nitrogens with zero attached hydrogens (tertiary/aromatic N) is 2. The average molecular weight is 337 g/mol. The third-order valence-electron chi connectivity index (χ3n) is 3.16. The summed E-state index contributed by atoms with van der Waals surface area (Å²) >= 11 is 3.43. The summed E-state index contributed by atoms with van der Waals surface area (Å²) in [5.74, 6) is 0.826. The lowest BCUT2D eigenvalue weighted by molar-refractivity contribution is 0.0984. The maximum atomic E-state index is 12.3. The van der Waals surface area contributed by atoms with Crippen molar-refractivity contribution in [3.63, 3.8) is 0 Å². The maximum absolute atomic E-state index is 12.3. The first-order chi connectivity index (χ1) is 9.55. The predicted octanol–water partition coefficient (Wildman–Crippen LogP) is 3.18. The van der Waals surface area contributed by atoms with E-state index >= 15 is 0 Å². The van der Waals surface area contributed by atoms with Crippen LogP contribution >= 0.6 is 15.9 Å². The molecule has 0 fully saturated rings. The zero-order valence-corrected chi connectivity index (χ0v) is 13.4. The van der Waals surface area contributed by atoms with Crippen LogP contribution < -0.4 is 4.74 Å². The summed E-state index contributed by atoms with van der Waals surface area (Å²) in [5, 5.41) is 4.30. The molecule has 0 aliphatic rings. The van der Waals surface area contributed by atoms with Gasteiger partial charge in [-0.05, 0) is 46.1 Å². The molecule has 1 heterocycles. The molecule has 5 heteroatoms. The molecule has 0 saturated carbocycles. The molecular formula is C15H17BrN2O2. The van der Waals surface area contributed by atoms with Crippen molar-refractivity contribution in [2.45, 2.75) is 19.8 Å². The van der Waals surface area contributed by atoms with Gasteiger partial charge in [0.2, 0.25) is 0 Å². The molecule has 0 N–H and O–H groups in total. The minimum absolute atomic E-state index is 0.0665. The Morgan fingerprint density at radius 1 is 1.40 bits per heavy atom. The van der Waals surface area contributed by atoms with E-state index in [1.165, 1.54) is 0 Å². The summed E-state index contributed by atoms with van der Waals surface area (Å²) in [6.45, 7) is 2.02. The fourth-order valence-electron chi connectivity index (χ4n) is 2.06. The Morgan fingerprint density at radius 3 is 2.70 bits per heavy atom. The van der Waals surface area contributed by atoms with Gasteiger partial charge in [-0.25, -0.2) is 0 Å². The largest absolute Gasteiger partial charge is 0.496 e. The molecular weight excluding hydrogens is 320 g/mol. The zero-order chi connectivity index (χ0) is 14.7. The lowest BCUT2D eigenvalue weighted by atomic mass is 10.1. The van der Waals surface area contributed by atoms with Crippen LogP contribution in [-0.4, -0.2) is 22.7 Å². The van der Waals surface area contributed by atoms with Gasteiger partial charge in [0.15, 0.2) is 5.78 Å². The number of carbonyl (C=O) groups is 1. The van der Waals surface area contributed by atoms with E-state index in [1.807, 2.05) is 31.2 Å². The highest BCUT2D eigenvalue weighted by molar-refractivity contribution is 9.10. The molecule has 20 heavy (non-hydrogen) atoms. The van der Waals surface area contributed by atoms with Gasteiger partial charge in [-0.3, -0.25) is 9.48 Å². The second-order valence-electron chi connectivity index (χ2n) is 4.57. The maximum Gasteiger partial charge on any atom is 0.185 e. The highest BCUT2D eigenvalue weighted by atomic mass is 79.9. The van der Waals surface area contributed by atoms with Gasteiger partial charge < -0.3 is 4.74 Å². The van der Waals surface area contributed by atoms with Gasteiger partial charge in [-0.2, -0.15) is 5.10 Å². The van der Waals surface area contributed by atoms with Gasteiger partial charge in [-0.1, -0.05) is 13.0 Å². The summed E-state index contributed by atoms with van der Waals surface area (Å²) in [7, 11) is 3.42. The van der Waals surface area contributed by atoms with Crippen LogP contribution in [0.1, 0.15) is 28.7 Å². The highest BCUT2D eigenvalue weighted by Crippen LogP contribution is 2.26. The lowest BCUT2D eigenvalue weighted by Gasteiger charge is -2.06. The van der Waals surface area contributed by atoms with E-state index in [1.54, 1.807) is 18.8 Å². The number of methoxy groups -OCH3 is 1. The number of ketones is 1. The summed E-state index contributed by atoms with van der Waals surface area (Å²) in [5.41, 5.74) is 2.53. The van der Waals surface area contributed by atoms with Gasteiger partial charge in [0.05, 0.1) is 17.3 Å². The molecule has 0 atom stereocenters. The number of carbonyl (C=O) groups excluding carboxylic acids is 1. The van der Waals surface area contributed by atoms with E-state index in [0.717, 1.165) is 27.9 Å². The molecule has 4 nitrogen and oxygen atoms in total. The fourth-order valence-corrected chi connectivity index (χ4v) is 2.64. The highest BCUT2D eigenvalue weighted by Gasteiger charge is 2.14. The van der Waals surface area contributed by atoms with Crippen molar-refractivity contribution in [1.82, 2.24) is 9.78 Å². The SMILES string of the molecule is CCc1cc(C(=O)Cc2ccc(OC)c(Br)c2)n(C)n1. The van der Waals surface area contributed by atoms with E-state index in [-0.39, 0.29) is 5.78 Å². The van der Waals surface area contributed by atoms with Crippen LogP contribution in [0.15, 0.2) is 28.7 Å². The van der Waals surface area contributed by atoms with Gasteiger partial charge in [0.25, 0.3) is 0 Å². The molecule has 0 aliphatic carbocycles. The van der Waals surface area contributed by atoms with Crippen LogP contribution in [-0.2, 0) is 19.9 Å². The first-order valence-electron chi connectivity index (χ1n) is 6.43. The normalized spacial score (nSPS) is 10.6. The van der Waals surface area contributed by atoms with Crippen LogP contribution in [0.25, 0.3) is 0 Å². The van der Waals surface area contributed by atoms with Crippen LogP contribution in [0.2, 0.25) is 0 Å². The Morgan fingerprint density at radius 2 is 2.15 bits per heavy atom. The standard InChI is InChI=1S/C15H17BrN2O2/c1-4-11-9-13(18(2)17-11)14(19)8-10-5-6-15(20-3)12(16)7-10/h5-7,9H,4,8H2,1-3H3. The zero-order valence-electron chi connectivity index (χ0n) is 11.8. The molecule has 0 aliphatic heterocycles. The molecule has 0 bridgehead atoms. The van der Waals surface area contributed by atoms with Crippen molar-refractivity contribution in [1.29, 1.82) is 0 Å². The quantitative estimate of drug-likeness (QED) is 0.787. The first-order valence-corrected chi connectivity index (χ1v) is 7.23. The Labute approximate surface area is 126 Å². The molecule has 0 saturated heterocycles. The number of hydrogen-bond acceptors (Lipinski definition) is 3. The van der Waals surface area contributed by atoms with E-state index in [4.69, 9.17) is 4.74 Å². The molecule has 0 spiro atoms. The summed E-state index contributed by atoms with van der Waals surface area (Å²) in [6, 6.07) is 7.53. The minimum atomic E-state index is 0.0665. The number of halogens is 1. The topological polar surface area (TPSA) is 44.1 Å². The first kappa shape index (κ1) is 14.8. The third kappa shape index (κ3) is 3.10. The van der Waals surface area contributed by atoms with E-state index < -0.39 is 0 Å². The smallest absolute Gasteiger partial charge is 0.185 e. The second kappa shape index (κ2) is 6.22. The van der Waals surface area contributed by atoms with Gasteiger partial charge in [0.1, 0.15) is 11.4 Å². The Kier molecular flexibility index (Phi) is 4.60. The van der Waals surface area contributed by atoms with Crippen molar-refractivity contribution >= 4 is 21.7 Å². The van der Waals surface area contributed by atoms with Crippen LogP contribution in [0.5, 0.6) is 5.75 Å². The van der Waals surface area contributed by atoms with Crippen LogP contribution in [0.3, 0.4) is 0 Å². The summed E-state index contributed by atoms with van der Waals surface area (Å²) in [6.07, 6.45) is 1.18. The van der Waals surface area contributed by atoms with Gasteiger partial charge >= 0.3 is 0 Å². The van der Waals surface area contributed by atoms with E-state index in [2.05, 4.69) is 21.0 Å². The molecule has 0 amide bonds. The Hall–Kier alpha value is -1.62. The molecule has 2 rings (SSSR count). The molecule has 1 aromatic carbocycles. The van der Waals surface area contributed by atoms with Gasteiger partial charge in [0, 0.05) is 13.5 Å². The lowest BCUT2D eigenvalue weighted by Crippen LogP contribution is -2.09. The average Bonchev–Trinajstić information content (AvgIpc) is 2.80. The number of benzene rings is 1. The molecule has 106 valence electrons. The Bertz CT molecular complexity index is 635. The number of Topliss-reactive ketones (excluding diaryl/α,β-unsaturated/α-hetero) is 1. The number of hydrogen-bond donors (Lipinski definition) is 0. The number of aryl methyl sites for hydroxylation is 2. The molecule has 1 aromatic heterocycles. The van der Waals surface area contributed by atoms with Crippen LogP contribution in [0.4, 0.5) is 0 Å². The third-order valence-corrected chi connectivity index (χ3v) is 3.78. The summed E-state index contributed by atoms with van der Waals surface area (Å²) < 4.78 is 7.68. The van der Waals surface area contributed by atoms with Crippen molar-refractivity contribution in [3.05, 3.63) is 45.7 Å². The van der Waals surface area contributed by atoms with E-state index in [9.17, 15) is 4.79 Å². The van der Waals surface area contributed by atoms with Gasteiger partial charge in [-0.15, -0.1) is 0 Å². The molecule has 2 aromatic rings. The number of aromatic nitrogens is 2. The predicted molar refractivity (Wildman–Crippen MR) is 81.3 cm³/mol. The molecule has 0 radical (unpaired) electrons. The second-order valence-corrected chi connectivity index (χ2v) is 5.42. The minimum Gasteiger partial charge on any atom is -0.496 e. The summed E-state index contributed by atoms with van der Waals surface area (Å²) in [4.78, 5) is 12.3. The van der Waals surface area contributed by atoms with Crippen LogP contribution in [0, 0.1) is 0 Å². The molecule has 0 unspecified atom stereocenters. The number of rotatable bonds is 5. The van der Waals surface area contributed by atoms with Crippen molar-refractivity contribution < 1.29 is 9.53 Å². The Balaban J connectivity index is 2.18. The van der Waals surface area contributed by atoms with Crippen molar-refractivity contribution in [2.75, 3.05) is 7.11 Å². The monoisotopic (exact) mass is 336 g/mol. The fraction of sp³-hybridized carbons (Fsp3) is 0.333. The number of ether oxygens (including phenoxy) is 1. The van der Waals surface area contributed by atoms with Crippen molar-refractivity contribution in [2.24, 2.45) is 7.05 Å². The van der Waals surface area contributed by atoms with E-state index in [0.29, 0.717) is 12.1 Å². The van der Waals surface area contributed by atoms with Crippen molar-refractivity contribution in [3.8, 4) is 5.75 Å².